The number of rotatable bonds is 5. The predicted molar refractivity (Wildman–Crippen MR) is 111 cm³/mol. The van der Waals surface area contributed by atoms with Crippen molar-refractivity contribution in [1.82, 2.24) is 0 Å². The molecule has 1 atom stereocenters. The van der Waals surface area contributed by atoms with Crippen molar-refractivity contribution in [3.05, 3.63) is 83.4 Å². The van der Waals surface area contributed by atoms with Crippen molar-refractivity contribution in [3.63, 3.8) is 0 Å². The Hall–Kier alpha value is -2.17. The fraction of sp³-hybridized carbons (Fsp3) is 0.304. The Morgan fingerprint density at radius 2 is 1.52 bits per heavy atom. The van der Waals surface area contributed by atoms with Crippen molar-refractivity contribution in [1.29, 1.82) is 0 Å². The molecule has 0 unspecified atom stereocenters. The molecule has 0 amide bonds. The maximum atomic E-state index is 12.6. The Morgan fingerprint density at radius 1 is 0.889 bits per heavy atom. The average Bonchev–Trinajstić information content (AvgIpc) is 2.65. The molecule has 0 bridgehead atoms. The van der Waals surface area contributed by atoms with Gasteiger partial charge in [-0.05, 0) is 39.3 Å². The van der Waals surface area contributed by atoms with Crippen LogP contribution < -0.4 is 0 Å². The van der Waals surface area contributed by atoms with Gasteiger partial charge in [-0.3, -0.25) is 4.18 Å². The first-order valence-corrected chi connectivity index (χ1v) is 10.6. The molecule has 0 aromatic heterocycles. The molecule has 27 heavy (non-hydrogen) atoms. The van der Waals surface area contributed by atoms with Crippen LogP contribution in [0.4, 0.5) is 0 Å². The summed E-state index contributed by atoms with van der Waals surface area (Å²) in [7, 11) is -2.48. The summed E-state index contributed by atoms with van der Waals surface area (Å²) in [6.45, 7) is 6.42. The lowest BCUT2D eigenvalue weighted by Gasteiger charge is -2.21. The average molecular weight is 383 g/mol. The minimum Gasteiger partial charge on any atom is -0.273 e. The highest BCUT2D eigenvalue weighted by molar-refractivity contribution is 7.87. The predicted octanol–water partition coefficient (Wildman–Crippen LogP) is 5.40. The van der Waals surface area contributed by atoms with Gasteiger partial charge in [0.15, 0.2) is 0 Å². The van der Waals surface area contributed by atoms with E-state index in [4.69, 9.17) is 4.18 Å². The van der Waals surface area contributed by atoms with Crippen molar-refractivity contribution in [2.75, 3.05) is 7.11 Å². The van der Waals surface area contributed by atoms with Gasteiger partial charge in [-0.25, -0.2) is 0 Å². The molecule has 4 heteroatoms. The molecular formula is C23H26O3S. The molecule has 142 valence electrons. The van der Waals surface area contributed by atoms with Gasteiger partial charge in [0.1, 0.15) is 5.25 Å². The Kier molecular flexibility index (Phi) is 5.41. The lowest BCUT2D eigenvalue weighted by atomic mass is 9.86. The summed E-state index contributed by atoms with van der Waals surface area (Å²) >= 11 is 0. The highest BCUT2D eigenvalue weighted by Gasteiger charge is 2.28. The summed E-state index contributed by atoms with van der Waals surface area (Å²) in [4.78, 5) is 0. The third-order valence-corrected chi connectivity index (χ3v) is 6.56. The first-order chi connectivity index (χ1) is 12.7. The maximum Gasteiger partial charge on any atom is 0.274 e. The topological polar surface area (TPSA) is 43.4 Å². The van der Waals surface area contributed by atoms with Gasteiger partial charge in [0.25, 0.3) is 10.1 Å². The van der Waals surface area contributed by atoms with Crippen LogP contribution in [0.3, 0.4) is 0 Å². The molecule has 0 N–H and O–H groups in total. The molecule has 3 aromatic carbocycles. The smallest absolute Gasteiger partial charge is 0.273 e. The SMILES string of the molecule is COS(=O)(=O)[C@H](Cc1ccc2ccccc2c1)c1ccc(C(C)(C)C)cc1. The molecule has 0 aliphatic carbocycles. The normalized spacial score (nSPS) is 13.6. The van der Waals surface area contributed by atoms with Crippen molar-refractivity contribution in [2.45, 2.75) is 37.9 Å². The van der Waals surface area contributed by atoms with Crippen LogP contribution in [-0.4, -0.2) is 15.5 Å². The number of fused-ring (bicyclic) bond motifs is 1. The molecular weight excluding hydrogens is 356 g/mol. The molecule has 0 spiro atoms. The zero-order chi connectivity index (χ0) is 19.7. The van der Waals surface area contributed by atoms with Crippen molar-refractivity contribution < 1.29 is 12.6 Å². The second-order valence-electron chi connectivity index (χ2n) is 7.91. The highest BCUT2D eigenvalue weighted by Crippen LogP contribution is 2.31. The van der Waals surface area contributed by atoms with E-state index in [0.717, 1.165) is 21.9 Å². The summed E-state index contributed by atoms with van der Waals surface area (Å²) < 4.78 is 30.1. The molecule has 0 saturated carbocycles. The fourth-order valence-corrected chi connectivity index (χ4v) is 4.40. The number of hydrogen-bond donors (Lipinski definition) is 0. The lowest BCUT2D eigenvalue weighted by molar-refractivity contribution is 0.387. The fourth-order valence-electron chi connectivity index (χ4n) is 3.28. The molecule has 0 aliphatic rings. The third kappa shape index (κ3) is 4.40. The Balaban J connectivity index is 1.98. The lowest BCUT2D eigenvalue weighted by Crippen LogP contribution is -2.18. The minimum atomic E-state index is -3.71. The van der Waals surface area contributed by atoms with E-state index in [1.54, 1.807) is 0 Å². The molecule has 0 radical (unpaired) electrons. The first kappa shape index (κ1) is 19.6. The monoisotopic (exact) mass is 382 g/mol. The molecule has 0 heterocycles. The second kappa shape index (κ2) is 7.45. The van der Waals surface area contributed by atoms with Crippen LogP contribution >= 0.6 is 0 Å². The first-order valence-electron chi connectivity index (χ1n) is 9.08. The van der Waals surface area contributed by atoms with E-state index in [2.05, 4.69) is 26.8 Å². The Bertz CT molecular complexity index is 1030. The van der Waals surface area contributed by atoms with Gasteiger partial charge in [-0.1, -0.05) is 87.5 Å². The van der Waals surface area contributed by atoms with Crippen LogP contribution in [0.1, 0.15) is 42.7 Å². The zero-order valence-corrected chi connectivity index (χ0v) is 17.1. The van der Waals surface area contributed by atoms with E-state index >= 15 is 0 Å². The molecule has 0 saturated heterocycles. The molecule has 0 aliphatic heterocycles. The summed E-state index contributed by atoms with van der Waals surface area (Å²) in [6, 6.07) is 22.0. The summed E-state index contributed by atoms with van der Waals surface area (Å²) in [5.41, 5.74) is 2.91. The van der Waals surface area contributed by atoms with Gasteiger partial charge >= 0.3 is 0 Å². The Morgan fingerprint density at radius 3 is 2.11 bits per heavy atom. The third-order valence-electron chi connectivity index (χ3n) is 4.96. The standard InChI is InChI=1S/C23H26O3S/c1-23(2,3)21-13-11-19(12-14-21)22(27(24,25)26-4)16-17-9-10-18-7-5-6-8-20(18)15-17/h5-15,22H,16H2,1-4H3/t22-/m1/s1. The maximum absolute atomic E-state index is 12.6. The Labute approximate surface area is 162 Å². The van der Waals surface area contributed by atoms with E-state index in [1.807, 2.05) is 60.7 Å². The van der Waals surface area contributed by atoms with E-state index in [-0.39, 0.29) is 5.41 Å². The van der Waals surface area contributed by atoms with Crippen LogP contribution in [0.15, 0.2) is 66.7 Å². The van der Waals surface area contributed by atoms with Gasteiger partial charge in [-0.2, -0.15) is 8.42 Å². The summed E-state index contributed by atoms with van der Waals surface area (Å²) in [5, 5.41) is 1.51. The van der Waals surface area contributed by atoms with Crippen LogP contribution in [-0.2, 0) is 26.1 Å². The van der Waals surface area contributed by atoms with Gasteiger partial charge in [0, 0.05) is 0 Å². The quantitative estimate of drug-likeness (QED) is 0.555. The summed E-state index contributed by atoms with van der Waals surface area (Å²) in [5.74, 6) is 0. The van der Waals surface area contributed by atoms with Gasteiger partial charge in [-0.15, -0.1) is 0 Å². The van der Waals surface area contributed by atoms with Gasteiger partial charge in [0.2, 0.25) is 0 Å². The van der Waals surface area contributed by atoms with Gasteiger partial charge < -0.3 is 0 Å². The largest absolute Gasteiger partial charge is 0.274 e. The number of hydrogen-bond acceptors (Lipinski definition) is 3. The van der Waals surface area contributed by atoms with E-state index < -0.39 is 15.4 Å². The van der Waals surface area contributed by atoms with E-state index in [9.17, 15) is 8.42 Å². The van der Waals surface area contributed by atoms with Crippen molar-refractivity contribution in [3.8, 4) is 0 Å². The van der Waals surface area contributed by atoms with Gasteiger partial charge in [0.05, 0.1) is 7.11 Å². The van der Waals surface area contributed by atoms with Crippen LogP contribution in [0.2, 0.25) is 0 Å². The van der Waals surface area contributed by atoms with Crippen LogP contribution in [0, 0.1) is 0 Å². The summed E-state index contributed by atoms with van der Waals surface area (Å²) in [6.07, 6.45) is 0.371. The molecule has 3 nitrogen and oxygen atoms in total. The number of benzene rings is 3. The van der Waals surface area contributed by atoms with Crippen LogP contribution in [0.25, 0.3) is 10.8 Å². The molecule has 3 aromatic rings. The van der Waals surface area contributed by atoms with Crippen LogP contribution in [0.5, 0.6) is 0 Å². The van der Waals surface area contributed by atoms with E-state index in [1.165, 1.54) is 12.7 Å². The highest BCUT2D eigenvalue weighted by atomic mass is 32.2. The molecule has 0 fully saturated rings. The molecule has 3 rings (SSSR count). The van der Waals surface area contributed by atoms with Crippen molar-refractivity contribution >= 4 is 20.9 Å². The second-order valence-corrected chi connectivity index (χ2v) is 9.79. The zero-order valence-electron chi connectivity index (χ0n) is 16.3. The minimum absolute atomic E-state index is 0.0203. The van der Waals surface area contributed by atoms with Crippen molar-refractivity contribution in [2.24, 2.45) is 0 Å². The van der Waals surface area contributed by atoms with E-state index in [0.29, 0.717) is 6.42 Å².